The summed E-state index contributed by atoms with van der Waals surface area (Å²) in [5, 5.41) is 4.59. The number of unbranched alkanes of at least 4 members (excludes halogenated alkanes) is 6. The minimum Gasteiger partial charge on any atom is -0.494 e. The zero-order valence-corrected chi connectivity index (χ0v) is 35.0. The number of hydrogen-bond acceptors (Lipinski definition) is 4. The molecule has 0 aliphatic carbocycles. The fourth-order valence-electron chi connectivity index (χ4n) is 7.89. The summed E-state index contributed by atoms with van der Waals surface area (Å²) in [4.78, 5) is 0. The maximum absolute atomic E-state index is 13.3. The van der Waals surface area contributed by atoms with Gasteiger partial charge in [0.15, 0.2) is 0 Å². The van der Waals surface area contributed by atoms with E-state index in [4.69, 9.17) is 18.9 Å². The highest BCUT2D eigenvalue weighted by atomic mass is 19.1. The lowest BCUT2D eigenvalue weighted by atomic mass is 9.92. The maximum atomic E-state index is 13.3. The monoisotopic (exact) mass is 826 g/mol. The lowest BCUT2D eigenvalue weighted by molar-refractivity contribution is 0.286. The Kier molecular flexibility index (Phi) is 14.4. The molecule has 0 N–H and O–H groups in total. The highest BCUT2D eigenvalue weighted by Gasteiger charge is 2.19. The molecule has 0 bridgehead atoms. The van der Waals surface area contributed by atoms with Crippen molar-refractivity contribution < 1.29 is 27.7 Å². The maximum Gasteiger partial charge on any atom is 0.127 e. The van der Waals surface area contributed by atoms with Gasteiger partial charge in [0.25, 0.3) is 0 Å². The van der Waals surface area contributed by atoms with Gasteiger partial charge in [-0.25, -0.2) is 8.78 Å². The molecule has 0 atom stereocenters. The second-order valence-corrected chi connectivity index (χ2v) is 15.6. The molecule has 314 valence electrons. The van der Waals surface area contributed by atoms with Crippen molar-refractivity contribution in [1.82, 2.24) is 0 Å². The largest absolute Gasteiger partial charge is 0.494 e. The van der Waals surface area contributed by atoms with Gasteiger partial charge in [-0.2, -0.15) is 0 Å². The predicted octanol–water partition coefficient (Wildman–Crippen LogP) is 15.3. The van der Waals surface area contributed by atoms with Crippen molar-refractivity contribution in [2.45, 2.75) is 51.4 Å². The van der Waals surface area contributed by atoms with Crippen molar-refractivity contribution in [3.05, 3.63) is 181 Å². The lowest BCUT2D eigenvalue weighted by Crippen LogP contribution is -2.03. The third-order valence-corrected chi connectivity index (χ3v) is 11.2. The van der Waals surface area contributed by atoms with E-state index >= 15 is 0 Å². The average molecular weight is 827 g/mol. The van der Waals surface area contributed by atoms with Gasteiger partial charge in [0, 0.05) is 11.1 Å². The molecule has 0 saturated carbocycles. The molecule has 0 saturated heterocycles. The van der Waals surface area contributed by atoms with Gasteiger partial charge in [-0.3, -0.25) is 0 Å². The number of ether oxygens (including phenoxy) is 4. The molecular formula is C56H52F2O4. The molecule has 0 heterocycles. The van der Waals surface area contributed by atoms with Crippen LogP contribution in [0.15, 0.2) is 170 Å². The minimum absolute atomic E-state index is 0.234. The van der Waals surface area contributed by atoms with Gasteiger partial charge in [-0.1, -0.05) is 109 Å². The average Bonchev–Trinajstić information content (AvgIpc) is 3.31. The Morgan fingerprint density at radius 3 is 0.984 bits per heavy atom. The number of rotatable bonds is 21. The van der Waals surface area contributed by atoms with Crippen molar-refractivity contribution in [2.24, 2.45) is 0 Å². The second kappa shape index (κ2) is 21.2. The Morgan fingerprint density at radius 2 is 0.613 bits per heavy atom. The van der Waals surface area contributed by atoms with Gasteiger partial charge in [0.05, 0.1) is 26.4 Å². The summed E-state index contributed by atoms with van der Waals surface area (Å²) in [5.41, 5.74) is 6.16. The number of fused-ring (bicyclic) bond motifs is 2. The Labute approximate surface area is 363 Å². The normalized spacial score (nSPS) is 11.2. The van der Waals surface area contributed by atoms with E-state index in [0.717, 1.165) is 129 Å². The summed E-state index contributed by atoms with van der Waals surface area (Å²) in [6.45, 7) is 2.54. The van der Waals surface area contributed by atoms with Gasteiger partial charge in [0.2, 0.25) is 0 Å². The topological polar surface area (TPSA) is 36.9 Å². The summed E-state index contributed by atoms with van der Waals surface area (Å²) in [5.74, 6) is 2.94. The van der Waals surface area contributed by atoms with Crippen molar-refractivity contribution in [1.29, 1.82) is 0 Å². The highest BCUT2D eigenvalue weighted by molar-refractivity contribution is 6.09. The fourth-order valence-corrected chi connectivity index (χ4v) is 7.89. The van der Waals surface area contributed by atoms with Gasteiger partial charge >= 0.3 is 0 Å². The minimum atomic E-state index is -0.234. The molecule has 0 spiro atoms. The van der Waals surface area contributed by atoms with Crippen LogP contribution < -0.4 is 18.9 Å². The lowest BCUT2D eigenvalue weighted by Gasteiger charge is -2.20. The van der Waals surface area contributed by atoms with E-state index in [-0.39, 0.29) is 11.6 Å². The predicted molar refractivity (Wildman–Crippen MR) is 249 cm³/mol. The van der Waals surface area contributed by atoms with Crippen LogP contribution in [-0.4, -0.2) is 26.4 Å². The third kappa shape index (κ3) is 11.0. The Hall–Kier alpha value is -6.66. The van der Waals surface area contributed by atoms with Gasteiger partial charge in [-0.15, -0.1) is 0 Å². The Balaban J connectivity index is 0.831. The van der Waals surface area contributed by atoms with Crippen LogP contribution in [0, 0.1) is 11.6 Å². The smallest absolute Gasteiger partial charge is 0.127 e. The number of halogens is 2. The molecular weight excluding hydrogens is 775 g/mol. The van der Waals surface area contributed by atoms with Crippen LogP contribution in [-0.2, 0) is 0 Å². The number of hydrogen-bond donors (Lipinski definition) is 0. The van der Waals surface area contributed by atoms with Crippen LogP contribution in [0.2, 0.25) is 0 Å². The van der Waals surface area contributed by atoms with E-state index in [1.807, 2.05) is 48.5 Å². The van der Waals surface area contributed by atoms with Gasteiger partial charge in [-0.05, 0) is 156 Å². The summed E-state index contributed by atoms with van der Waals surface area (Å²) in [6.07, 6.45) is 7.96. The van der Waals surface area contributed by atoms with Gasteiger partial charge in [0.1, 0.15) is 34.6 Å². The van der Waals surface area contributed by atoms with Crippen LogP contribution >= 0.6 is 0 Å². The molecule has 8 rings (SSSR count). The first-order valence-electron chi connectivity index (χ1n) is 21.9. The first kappa shape index (κ1) is 42.0. The highest BCUT2D eigenvalue weighted by Crippen LogP contribution is 2.45. The van der Waals surface area contributed by atoms with Crippen LogP contribution in [0.5, 0.6) is 23.0 Å². The van der Waals surface area contributed by atoms with E-state index < -0.39 is 0 Å². The van der Waals surface area contributed by atoms with Gasteiger partial charge < -0.3 is 18.9 Å². The molecule has 6 heteroatoms. The van der Waals surface area contributed by atoms with E-state index in [1.54, 1.807) is 24.3 Å². The van der Waals surface area contributed by atoms with Crippen LogP contribution in [0.25, 0.3) is 54.9 Å². The molecule has 0 aromatic heterocycles. The van der Waals surface area contributed by atoms with Crippen molar-refractivity contribution in [3.63, 3.8) is 0 Å². The standard InChI is InChI=1S/C56H52F2O4/c57-47-27-17-41(18-28-47)43-21-31-49(32-22-43)59-37-9-1-3-11-39-61-53-35-25-45-13-5-7-15-51(45)55(53)56-52-16-8-6-14-46(52)26-36-54(56)62-40-12-4-2-10-38-60-50-33-23-44(24-34-50)42-19-29-48(58)30-20-42/h5-8,13-36H,1-4,9-12,37-40H2. The van der Waals surface area contributed by atoms with E-state index in [9.17, 15) is 8.78 Å². The van der Waals surface area contributed by atoms with E-state index in [2.05, 4.69) is 72.8 Å². The van der Waals surface area contributed by atoms with Crippen LogP contribution in [0.3, 0.4) is 0 Å². The molecule has 0 fully saturated rings. The SMILES string of the molecule is Fc1ccc(-c2ccc(OCCCCCCOc3ccc4ccccc4c3-c3c(OCCCCCCOc4ccc(-c5ccc(F)cc5)cc4)ccc4ccccc34)cc2)cc1. The molecule has 4 nitrogen and oxygen atoms in total. The van der Waals surface area contributed by atoms with Crippen molar-refractivity contribution in [2.75, 3.05) is 26.4 Å². The number of benzene rings is 8. The zero-order valence-electron chi connectivity index (χ0n) is 35.0. The molecule has 8 aromatic rings. The van der Waals surface area contributed by atoms with Crippen molar-refractivity contribution in [3.8, 4) is 56.4 Å². The molecule has 0 aliphatic heterocycles. The molecule has 8 aromatic carbocycles. The zero-order chi connectivity index (χ0) is 42.4. The molecule has 0 radical (unpaired) electrons. The third-order valence-electron chi connectivity index (χ3n) is 11.2. The molecule has 0 aliphatic rings. The Bertz CT molecular complexity index is 2450. The Morgan fingerprint density at radius 1 is 0.290 bits per heavy atom. The van der Waals surface area contributed by atoms with Crippen molar-refractivity contribution >= 4 is 21.5 Å². The van der Waals surface area contributed by atoms with E-state index in [1.165, 1.54) is 24.3 Å². The summed E-state index contributed by atoms with van der Waals surface area (Å²) < 4.78 is 51.9. The summed E-state index contributed by atoms with van der Waals surface area (Å²) in [6, 6.07) is 54.5. The fraction of sp³-hybridized carbons (Fsp3) is 0.214. The molecule has 0 unspecified atom stereocenters. The summed E-state index contributed by atoms with van der Waals surface area (Å²) >= 11 is 0. The molecule has 62 heavy (non-hydrogen) atoms. The summed E-state index contributed by atoms with van der Waals surface area (Å²) in [7, 11) is 0. The van der Waals surface area contributed by atoms with Crippen LogP contribution in [0.4, 0.5) is 8.78 Å². The molecule has 0 amide bonds. The van der Waals surface area contributed by atoms with E-state index in [0.29, 0.717) is 26.4 Å². The first-order valence-corrected chi connectivity index (χ1v) is 21.9. The quantitative estimate of drug-likeness (QED) is 0.0676. The second-order valence-electron chi connectivity index (χ2n) is 15.6. The van der Waals surface area contributed by atoms with Crippen LogP contribution in [0.1, 0.15) is 51.4 Å². The first-order chi connectivity index (χ1) is 30.6.